The molecule has 76 valence electrons. The summed E-state index contributed by atoms with van der Waals surface area (Å²) >= 11 is 0. The van der Waals surface area contributed by atoms with E-state index in [-0.39, 0.29) is 0 Å². The zero-order valence-corrected chi connectivity index (χ0v) is 8.27. The number of nitrogens with two attached hydrogens (primary N) is 1. The summed E-state index contributed by atoms with van der Waals surface area (Å²) in [5, 5.41) is 3.38. The number of anilines is 2. The summed E-state index contributed by atoms with van der Waals surface area (Å²) < 4.78 is 0. The molecule has 0 atom stereocenters. The van der Waals surface area contributed by atoms with Gasteiger partial charge in [0.25, 0.3) is 0 Å². The molecule has 1 aliphatic rings. The van der Waals surface area contributed by atoms with Gasteiger partial charge in [0, 0.05) is 25.3 Å². The molecule has 0 aliphatic carbocycles. The molecule has 1 aromatic rings. The number of nitrogens with one attached hydrogen (secondary N) is 1. The van der Waals surface area contributed by atoms with E-state index in [1.54, 1.807) is 6.20 Å². The van der Waals surface area contributed by atoms with Crippen molar-refractivity contribution in [1.82, 2.24) is 15.3 Å². The largest absolute Gasteiger partial charge is 0.368 e. The second kappa shape index (κ2) is 3.79. The molecule has 1 aliphatic heterocycles. The Morgan fingerprint density at radius 3 is 3.07 bits per heavy atom. The lowest BCUT2D eigenvalue weighted by molar-refractivity contribution is 0.426. The highest BCUT2D eigenvalue weighted by Gasteiger charge is 2.26. The van der Waals surface area contributed by atoms with Gasteiger partial charge in [-0.2, -0.15) is 4.98 Å². The third-order valence-corrected chi connectivity index (χ3v) is 2.36. The minimum absolute atomic E-state index is 0.342. The Kier molecular flexibility index (Phi) is 2.49. The maximum absolute atomic E-state index is 5.50. The van der Waals surface area contributed by atoms with E-state index >= 15 is 0 Å². The minimum atomic E-state index is 0.342. The van der Waals surface area contributed by atoms with Crippen LogP contribution in [0.1, 0.15) is 6.92 Å². The number of hydrogen-bond donors (Lipinski definition) is 2. The van der Waals surface area contributed by atoms with Crippen LogP contribution in [-0.2, 0) is 0 Å². The van der Waals surface area contributed by atoms with Crippen LogP contribution in [0.4, 0.5) is 11.8 Å². The number of rotatable bonds is 3. The minimum Gasteiger partial charge on any atom is -0.368 e. The van der Waals surface area contributed by atoms with Crippen molar-refractivity contribution < 1.29 is 0 Å². The first-order valence-electron chi connectivity index (χ1n) is 4.86. The van der Waals surface area contributed by atoms with E-state index in [4.69, 9.17) is 5.73 Å². The maximum Gasteiger partial charge on any atom is 0.221 e. The van der Waals surface area contributed by atoms with Crippen LogP contribution in [0.3, 0.4) is 0 Å². The zero-order chi connectivity index (χ0) is 9.97. The van der Waals surface area contributed by atoms with Crippen molar-refractivity contribution in [1.29, 1.82) is 0 Å². The fourth-order valence-electron chi connectivity index (χ4n) is 1.62. The highest BCUT2D eigenvalue weighted by molar-refractivity contribution is 5.44. The quantitative estimate of drug-likeness (QED) is 0.699. The van der Waals surface area contributed by atoms with E-state index in [0.29, 0.717) is 12.0 Å². The first-order valence-corrected chi connectivity index (χ1v) is 4.86. The maximum atomic E-state index is 5.50. The molecular weight excluding hydrogens is 178 g/mol. The van der Waals surface area contributed by atoms with Crippen molar-refractivity contribution in [3.63, 3.8) is 0 Å². The molecule has 0 spiro atoms. The molecule has 0 aromatic carbocycles. The molecule has 1 saturated heterocycles. The van der Waals surface area contributed by atoms with Gasteiger partial charge in [0.05, 0.1) is 0 Å². The summed E-state index contributed by atoms with van der Waals surface area (Å²) in [6, 6.07) is 2.48. The zero-order valence-electron chi connectivity index (χ0n) is 8.27. The molecule has 2 heterocycles. The topological polar surface area (TPSA) is 67.1 Å². The standard InChI is InChI=1S/C9H15N5/c1-2-11-7-5-14(6-7)8-3-4-12-9(10)13-8/h3-4,7,11H,2,5-6H2,1H3,(H2,10,12,13). The average Bonchev–Trinajstić information content (AvgIpc) is 2.10. The van der Waals surface area contributed by atoms with Gasteiger partial charge in [-0.1, -0.05) is 6.92 Å². The number of nitrogens with zero attached hydrogens (tertiary/aromatic N) is 3. The molecule has 0 saturated carbocycles. The van der Waals surface area contributed by atoms with E-state index in [9.17, 15) is 0 Å². The highest BCUT2D eigenvalue weighted by Crippen LogP contribution is 2.17. The molecule has 0 bridgehead atoms. The van der Waals surface area contributed by atoms with Crippen molar-refractivity contribution in [2.75, 3.05) is 30.3 Å². The number of aromatic nitrogens is 2. The molecule has 0 unspecified atom stereocenters. The Labute approximate surface area is 83.3 Å². The number of nitrogen functional groups attached to an aromatic ring is 1. The summed E-state index contributed by atoms with van der Waals surface area (Å²) in [5.41, 5.74) is 5.50. The normalized spacial score (nSPS) is 16.8. The van der Waals surface area contributed by atoms with Crippen LogP contribution in [0.15, 0.2) is 12.3 Å². The lowest BCUT2D eigenvalue weighted by Crippen LogP contribution is -2.58. The summed E-state index contributed by atoms with van der Waals surface area (Å²) in [6.45, 7) is 5.14. The van der Waals surface area contributed by atoms with Crippen LogP contribution in [-0.4, -0.2) is 35.6 Å². The highest BCUT2D eigenvalue weighted by atomic mass is 15.3. The second-order valence-electron chi connectivity index (χ2n) is 3.43. The lowest BCUT2D eigenvalue weighted by Gasteiger charge is -2.40. The van der Waals surface area contributed by atoms with Crippen LogP contribution in [0, 0.1) is 0 Å². The Bertz CT molecular complexity index is 308. The van der Waals surface area contributed by atoms with E-state index in [1.165, 1.54) is 0 Å². The van der Waals surface area contributed by atoms with Gasteiger partial charge in [0.2, 0.25) is 5.95 Å². The first-order chi connectivity index (χ1) is 6.79. The van der Waals surface area contributed by atoms with Crippen LogP contribution < -0.4 is 16.0 Å². The second-order valence-corrected chi connectivity index (χ2v) is 3.43. The van der Waals surface area contributed by atoms with Crippen LogP contribution in [0.25, 0.3) is 0 Å². The SMILES string of the molecule is CCNC1CN(c2ccnc(N)n2)C1. The van der Waals surface area contributed by atoms with Crippen molar-refractivity contribution >= 4 is 11.8 Å². The van der Waals surface area contributed by atoms with E-state index in [1.807, 2.05) is 6.07 Å². The van der Waals surface area contributed by atoms with E-state index in [2.05, 4.69) is 27.1 Å². The third-order valence-electron chi connectivity index (χ3n) is 2.36. The van der Waals surface area contributed by atoms with Gasteiger partial charge < -0.3 is 16.0 Å². The Morgan fingerprint density at radius 2 is 2.43 bits per heavy atom. The Balaban J connectivity index is 1.93. The molecule has 3 N–H and O–H groups in total. The van der Waals surface area contributed by atoms with E-state index in [0.717, 1.165) is 25.5 Å². The summed E-state index contributed by atoms with van der Waals surface area (Å²) in [4.78, 5) is 10.2. The van der Waals surface area contributed by atoms with Crippen LogP contribution in [0.2, 0.25) is 0 Å². The van der Waals surface area contributed by atoms with Gasteiger partial charge in [0.1, 0.15) is 5.82 Å². The molecule has 1 fully saturated rings. The third kappa shape index (κ3) is 1.77. The molecule has 2 rings (SSSR count). The van der Waals surface area contributed by atoms with Crippen LogP contribution >= 0.6 is 0 Å². The molecule has 0 amide bonds. The van der Waals surface area contributed by atoms with E-state index < -0.39 is 0 Å². The van der Waals surface area contributed by atoms with Gasteiger partial charge in [-0.3, -0.25) is 0 Å². The smallest absolute Gasteiger partial charge is 0.221 e. The molecule has 14 heavy (non-hydrogen) atoms. The van der Waals surface area contributed by atoms with Gasteiger partial charge in [-0.25, -0.2) is 4.98 Å². The first kappa shape index (κ1) is 9.21. The summed E-state index contributed by atoms with van der Waals surface area (Å²) in [6.07, 6.45) is 1.69. The summed E-state index contributed by atoms with van der Waals surface area (Å²) in [5.74, 6) is 1.26. The number of likely N-dealkylation sites (N-methyl/N-ethyl adjacent to an activating group) is 1. The predicted octanol–water partition coefficient (Wildman–Crippen LogP) is -0.143. The Morgan fingerprint density at radius 1 is 1.64 bits per heavy atom. The molecule has 0 radical (unpaired) electrons. The van der Waals surface area contributed by atoms with Crippen molar-refractivity contribution in [2.24, 2.45) is 0 Å². The van der Waals surface area contributed by atoms with Gasteiger partial charge in [-0.15, -0.1) is 0 Å². The predicted molar refractivity (Wildman–Crippen MR) is 56.1 cm³/mol. The fraction of sp³-hybridized carbons (Fsp3) is 0.556. The van der Waals surface area contributed by atoms with Gasteiger partial charge in [0.15, 0.2) is 0 Å². The molecular formula is C9H15N5. The van der Waals surface area contributed by atoms with Crippen LogP contribution in [0.5, 0.6) is 0 Å². The van der Waals surface area contributed by atoms with Gasteiger partial charge >= 0.3 is 0 Å². The fourth-order valence-corrected chi connectivity index (χ4v) is 1.62. The van der Waals surface area contributed by atoms with Crippen molar-refractivity contribution in [3.8, 4) is 0 Å². The molecule has 5 nitrogen and oxygen atoms in total. The monoisotopic (exact) mass is 193 g/mol. The lowest BCUT2D eigenvalue weighted by atomic mass is 10.1. The van der Waals surface area contributed by atoms with Gasteiger partial charge in [-0.05, 0) is 12.6 Å². The Hall–Kier alpha value is -1.36. The molecule has 5 heteroatoms. The van der Waals surface area contributed by atoms with Crippen molar-refractivity contribution in [2.45, 2.75) is 13.0 Å². The molecule has 1 aromatic heterocycles. The average molecular weight is 193 g/mol. The van der Waals surface area contributed by atoms with Crippen molar-refractivity contribution in [3.05, 3.63) is 12.3 Å². The number of hydrogen-bond acceptors (Lipinski definition) is 5. The summed E-state index contributed by atoms with van der Waals surface area (Å²) in [7, 11) is 0.